The van der Waals surface area contributed by atoms with Crippen molar-refractivity contribution >= 4 is 44.6 Å². The highest BCUT2D eigenvalue weighted by atomic mass is 79.9. The van der Waals surface area contributed by atoms with Gasteiger partial charge in [-0.3, -0.25) is 0 Å². The first-order chi connectivity index (χ1) is 7.61. The second-order valence-corrected chi connectivity index (χ2v) is 6.61. The normalized spacial score (nSPS) is 10.4. The molecule has 0 aliphatic rings. The molecule has 0 aliphatic carbocycles. The summed E-state index contributed by atoms with van der Waals surface area (Å²) < 4.78 is 5.40. The van der Waals surface area contributed by atoms with Gasteiger partial charge in [0.1, 0.15) is 0 Å². The summed E-state index contributed by atoms with van der Waals surface area (Å²) in [7, 11) is 1.36. The van der Waals surface area contributed by atoms with Crippen molar-refractivity contribution in [2.24, 2.45) is 0 Å². The molecule has 0 bridgehead atoms. The van der Waals surface area contributed by atoms with Crippen molar-refractivity contribution in [3.8, 4) is 9.75 Å². The number of thiazole rings is 1. The second-order valence-electron chi connectivity index (χ2n) is 3.05. The van der Waals surface area contributed by atoms with Crippen LogP contribution in [-0.2, 0) is 4.74 Å². The van der Waals surface area contributed by atoms with Gasteiger partial charge in [0, 0.05) is 9.75 Å². The SMILES string of the molecule is COC(=O)c1nc(Br)sc1-c1ccc(C)s1. The molecule has 0 fully saturated rings. The van der Waals surface area contributed by atoms with Crippen molar-refractivity contribution in [2.45, 2.75) is 6.92 Å². The van der Waals surface area contributed by atoms with Gasteiger partial charge in [-0.05, 0) is 35.0 Å². The lowest BCUT2D eigenvalue weighted by Gasteiger charge is -1.97. The van der Waals surface area contributed by atoms with Crippen LogP contribution in [0.1, 0.15) is 15.4 Å². The Morgan fingerprint density at radius 2 is 2.19 bits per heavy atom. The number of halogens is 1. The van der Waals surface area contributed by atoms with Crippen LogP contribution in [0.2, 0.25) is 0 Å². The van der Waals surface area contributed by atoms with Crippen LogP contribution >= 0.6 is 38.6 Å². The first-order valence-corrected chi connectivity index (χ1v) is 6.86. The highest BCUT2D eigenvalue weighted by Gasteiger charge is 2.20. The number of ether oxygens (including phenoxy) is 1. The van der Waals surface area contributed by atoms with E-state index in [1.807, 2.05) is 19.1 Å². The lowest BCUT2D eigenvalue weighted by molar-refractivity contribution is 0.0595. The highest BCUT2D eigenvalue weighted by Crippen LogP contribution is 2.37. The fourth-order valence-corrected chi connectivity index (χ4v) is 3.67. The van der Waals surface area contributed by atoms with E-state index < -0.39 is 5.97 Å². The van der Waals surface area contributed by atoms with Gasteiger partial charge in [0.15, 0.2) is 9.61 Å². The minimum Gasteiger partial charge on any atom is -0.464 e. The topological polar surface area (TPSA) is 39.2 Å². The van der Waals surface area contributed by atoms with E-state index >= 15 is 0 Å². The van der Waals surface area contributed by atoms with E-state index in [9.17, 15) is 4.79 Å². The van der Waals surface area contributed by atoms with Crippen molar-refractivity contribution in [2.75, 3.05) is 7.11 Å². The van der Waals surface area contributed by atoms with Gasteiger partial charge in [0.05, 0.1) is 12.0 Å². The van der Waals surface area contributed by atoms with Gasteiger partial charge in [-0.2, -0.15) is 0 Å². The molecule has 0 unspecified atom stereocenters. The summed E-state index contributed by atoms with van der Waals surface area (Å²) in [5.74, 6) is -0.400. The third-order valence-corrected chi connectivity index (χ3v) is 4.63. The average molecular weight is 318 g/mol. The van der Waals surface area contributed by atoms with Crippen LogP contribution in [-0.4, -0.2) is 18.1 Å². The minimum absolute atomic E-state index is 0.376. The Kier molecular flexibility index (Phi) is 3.41. The van der Waals surface area contributed by atoms with Crippen LogP contribution in [0.3, 0.4) is 0 Å². The average Bonchev–Trinajstić information content (AvgIpc) is 2.83. The molecule has 0 aromatic carbocycles. The van der Waals surface area contributed by atoms with Crippen LogP contribution in [0, 0.1) is 6.92 Å². The van der Waals surface area contributed by atoms with Gasteiger partial charge in [-0.25, -0.2) is 9.78 Å². The van der Waals surface area contributed by atoms with E-state index in [0.29, 0.717) is 9.61 Å². The van der Waals surface area contributed by atoms with Crippen molar-refractivity contribution < 1.29 is 9.53 Å². The van der Waals surface area contributed by atoms with E-state index in [1.165, 1.54) is 23.3 Å². The number of rotatable bonds is 2. The zero-order valence-electron chi connectivity index (χ0n) is 8.61. The Balaban J connectivity index is 2.52. The van der Waals surface area contributed by atoms with E-state index in [0.717, 1.165) is 9.75 Å². The molecule has 0 N–H and O–H groups in total. The first kappa shape index (κ1) is 11.8. The molecule has 2 heterocycles. The quantitative estimate of drug-likeness (QED) is 0.792. The molecule has 2 rings (SSSR count). The Hall–Kier alpha value is -0.720. The molecule has 0 aliphatic heterocycles. The Morgan fingerprint density at radius 3 is 2.75 bits per heavy atom. The van der Waals surface area contributed by atoms with Gasteiger partial charge in [0.2, 0.25) is 0 Å². The first-order valence-electron chi connectivity index (χ1n) is 4.43. The molecule has 0 atom stereocenters. The van der Waals surface area contributed by atoms with Crippen LogP contribution in [0.4, 0.5) is 0 Å². The summed E-state index contributed by atoms with van der Waals surface area (Å²) >= 11 is 6.37. The van der Waals surface area contributed by atoms with E-state index in [4.69, 9.17) is 4.74 Å². The van der Waals surface area contributed by atoms with E-state index in [1.54, 1.807) is 11.3 Å². The van der Waals surface area contributed by atoms with Crippen molar-refractivity contribution in [3.63, 3.8) is 0 Å². The molecule has 16 heavy (non-hydrogen) atoms. The number of carbonyl (C=O) groups excluding carboxylic acids is 1. The molecule has 0 saturated carbocycles. The molecular formula is C10H8BrNO2S2. The lowest BCUT2D eigenvalue weighted by Crippen LogP contribution is -2.02. The van der Waals surface area contributed by atoms with Crippen LogP contribution in [0.25, 0.3) is 9.75 Å². The summed E-state index contributed by atoms with van der Waals surface area (Å²) in [5.41, 5.74) is 0.376. The summed E-state index contributed by atoms with van der Waals surface area (Å²) in [5, 5.41) is 0. The number of carbonyl (C=O) groups is 1. The van der Waals surface area contributed by atoms with Crippen LogP contribution in [0.15, 0.2) is 16.0 Å². The molecule has 6 heteroatoms. The van der Waals surface area contributed by atoms with E-state index in [2.05, 4.69) is 20.9 Å². The summed E-state index contributed by atoms with van der Waals surface area (Å²) in [6.07, 6.45) is 0. The van der Waals surface area contributed by atoms with Crippen molar-refractivity contribution in [1.29, 1.82) is 0 Å². The highest BCUT2D eigenvalue weighted by molar-refractivity contribution is 9.11. The Morgan fingerprint density at radius 1 is 1.44 bits per heavy atom. The zero-order valence-corrected chi connectivity index (χ0v) is 11.8. The van der Waals surface area contributed by atoms with Crippen molar-refractivity contribution in [3.05, 3.63) is 26.6 Å². The van der Waals surface area contributed by atoms with Gasteiger partial charge >= 0.3 is 5.97 Å². The Bertz CT molecular complexity index is 533. The second kappa shape index (κ2) is 4.65. The molecule has 0 amide bonds. The molecule has 2 aromatic heterocycles. The number of aryl methyl sites for hydroxylation is 1. The predicted octanol–water partition coefficient (Wildman–Crippen LogP) is 3.73. The maximum absolute atomic E-state index is 11.5. The number of methoxy groups -OCH3 is 1. The number of esters is 1. The fourth-order valence-electron chi connectivity index (χ4n) is 1.25. The molecule has 0 spiro atoms. The molecule has 84 valence electrons. The Labute approximate surface area is 109 Å². The number of thiophene rings is 1. The van der Waals surface area contributed by atoms with Gasteiger partial charge in [-0.15, -0.1) is 22.7 Å². The van der Waals surface area contributed by atoms with Gasteiger partial charge in [0.25, 0.3) is 0 Å². The van der Waals surface area contributed by atoms with Crippen LogP contribution in [0.5, 0.6) is 0 Å². The standard InChI is InChI=1S/C10H8BrNO2S2/c1-5-3-4-6(15-5)8-7(9(13)14-2)12-10(11)16-8/h3-4H,1-2H3. The fraction of sp³-hybridized carbons (Fsp3) is 0.200. The smallest absolute Gasteiger partial charge is 0.358 e. The predicted molar refractivity (Wildman–Crippen MR) is 69.2 cm³/mol. The number of hydrogen-bond acceptors (Lipinski definition) is 5. The number of aromatic nitrogens is 1. The maximum atomic E-state index is 11.5. The maximum Gasteiger partial charge on any atom is 0.358 e. The van der Waals surface area contributed by atoms with Gasteiger partial charge in [-0.1, -0.05) is 0 Å². The molecule has 0 radical (unpaired) electrons. The van der Waals surface area contributed by atoms with Gasteiger partial charge < -0.3 is 4.74 Å². The third-order valence-electron chi connectivity index (χ3n) is 1.94. The third kappa shape index (κ3) is 2.18. The molecule has 0 saturated heterocycles. The molecule has 2 aromatic rings. The molecule has 3 nitrogen and oxygen atoms in total. The monoisotopic (exact) mass is 317 g/mol. The minimum atomic E-state index is -0.400. The van der Waals surface area contributed by atoms with Crippen LogP contribution < -0.4 is 0 Å². The number of nitrogens with zero attached hydrogens (tertiary/aromatic N) is 1. The summed E-state index contributed by atoms with van der Waals surface area (Å²) in [6.45, 7) is 2.03. The van der Waals surface area contributed by atoms with Crippen molar-refractivity contribution in [1.82, 2.24) is 4.98 Å². The summed E-state index contributed by atoms with van der Waals surface area (Å²) in [4.78, 5) is 18.8. The largest absolute Gasteiger partial charge is 0.464 e. The zero-order chi connectivity index (χ0) is 11.7. The molecular weight excluding hydrogens is 310 g/mol. The number of hydrogen-bond donors (Lipinski definition) is 0. The van der Waals surface area contributed by atoms with E-state index in [-0.39, 0.29) is 0 Å². The summed E-state index contributed by atoms with van der Waals surface area (Å²) in [6, 6.07) is 4.01. The lowest BCUT2D eigenvalue weighted by atomic mass is 10.3.